The standard InChI is InChI=1S/C24H24N4O4/c1-15-4-6-17(7-5-15)22-21(16(2)32-27-22)24-26-25-23(31-24)19-9-8-18(14-20(19)29-3)28-10-12-30-13-11-28/h4-9,14H,10-13H2,1-3H3. The van der Waals surface area contributed by atoms with Crippen LogP contribution in [0.3, 0.4) is 0 Å². The molecule has 0 saturated carbocycles. The fourth-order valence-electron chi connectivity index (χ4n) is 3.84. The molecule has 3 heterocycles. The molecule has 8 heteroatoms. The van der Waals surface area contributed by atoms with Crippen LogP contribution in [0.4, 0.5) is 5.69 Å². The number of nitrogens with zero attached hydrogens (tertiary/aromatic N) is 4. The molecule has 1 aliphatic heterocycles. The van der Waals surface area contributed by atoms with Crippen LogP contribution in [0.2, 0.25) is 0 Å². The smallest absolute Gasteiger partial charge is 0.254 e. The zero-order chi connectivity index (χ0) is 22.1. The summed E-state index contributed by atoms with van der Waals surface area (Å²) in [5, 5.41) is 12.8. The maximum atomic E-state index is 6.07. The van der Waals surface area contributed by atoms with E-state index in [-0.39, 0.29) is 0 Å². The van der Waals surface area contributed by atoms with Gasteiger partial charge in [-0.05, 0) is 26.0 Å². The summed E-state index contributed by atoms with van der Waals surface area (Å²) in [6.45, 7) is 7.02. The van der Waals surface area contributed by atoms with Crippen LogP contribution in [0.1, 0.15) is 11.3 Å². The molecule has 4 aromatic rings. The monoisotopic (exact) mass is 432 g/mol. The van der Waals surface area contributed by atoms with Gasteiger partial charge in [0.2, 0.25) is 0 Å². The SMILES string of the molecule is COc1cc(N2CCOCC2)ccc1-c1nnc(-c2c(-c3ccc(C)cc3)noc2C)o1. The fraction of sp³-hybridized carbons (Fsp3) is 0.292. The molecule has 1 saturated heterocycles. The Balaban J connectivity index is 1.49. The highest BCUT2D eigenvalue weighted by atomic mass is 16.5. The molecule has 0 spiro atoms. The topological polar surface area (TPSA) is 86.7 Å². The second kappa shape index (κ2) is 8.47. The van der Waals surface area contributed by atoms with Crippen LogP contribution in [-0.4, -0.2) is 48.8 Å². The lowest BCUT2D eigenvalue weighted by Crippen LogP contribution is -2.36. The Bertz CT molecular complexity index is 1220. The molecular formula is C24H24N4O4. The van der Waals surface area contributed by atoms with Crippen LogP contribution in [0.25, 0.3) is 34.2 Å². The summed E-state index contributed by atoms with van der Waals surface area (Å²) in [7, 11) is 1.64. The molecule has 0 amide bonds. The van der Waals surface area contributed by atoms with Gasteiger partial charge in [-0.25, -0.2) is 0 Å². The molecule has 0 N–H and O–H groups in total. The summed E-state index contributed by atoms with van der Waals surface area (Å²) in [6, 6.07) is 14.0. The number of morpholine rings is 1. The normalized spacial score (nSPS) is 14.0. The third kappa shape index (κ3) is 3.73. The van der Waals surface area contributed by atoms with Crippen molar-refractivity contribution in [2.45, 2.75) is 13.8 Å². The lowest BCUT2D eigenvalue weighted by molar-refractivity contribution is 0.122. The Hall–Kier alpha value is -3.65. The fourth-order valence-corrected chi connectivity index (χ4v) is 3.84. The van der Waals surface area contributed by atoms with Gasteiger partial charge >= 0.3 is 0 Å². The maximum Gasteiger partial charge on any atom is 0.254 e. The first kappa shape index (κ1) is 20.3. The van der Waals surface area contributed by atoms with Gasteiger partial charge in [-0.2, -0.15) is 0 Å². The van der Waals surface area contributed by atoms with Crippen LogP contribution in [0.15, 0.2) is 51.4 Å². The van der Waals surface area contributed by atoms with E-state index in [1.165, 1.54) is 5.56 Å². The highest BCUT2D eigenvalue weighted by molar-refractivity contribution is 5.78. The molecule has 2 aromatic carbocycles. The minimum atomic E-state index is 0.355. The zero-order valence-electron chi connectivity index (χ0n) is 18.3. The lowest BCUT2D eigenvalue weighted by Gasteiger charge is -2.29. The highest BCUT2D eigenvalue weighted by Gasteiger charge is 2.24. The summed E-state index contributed by atoms with van der Waals surface area (Å²) in [5.74, 6) is 2.02. The van der Waals surface area contributed by atoms with E-state index in [4.69, 9.17) is 18.4 Å². The predicted octanol–water partition coefficient (Wildman–Crippen LogP) is 4.52. The van der Waals surface area contributed by atoms with Gasteiger partial charge in [0.25, 0.3) is 11.8 Å². The average Bonchev–Trinajstić information content (AvgIpc) is 3.46. The van der Waals surface area contributed by atoms with Crippen molar-refractivity contribution < 1.29 is 18.4 Å². The molecule has 2 aromatic heterocycles. The largest absolute Gasteiger partial charge is 0.496 e. The molecule has 0 atom stereocenters. The number of methoxy groups -OCH3 is 1. The molecule has 164 valence electrons. The maximum absolute atomic E-state index is 6.07. The summed E-state index contributed by atoms with van der Waals surface area (Å²) in [6.07, 6.45) is 0. The minimum absolute atomic E-state index is 0.355. The van der Waals surface area contributed by atoms with E-state index in [2.05, 4.69) is 20.3 Å². The number of hydrogen-bond acceptors (Lipinski definition) is 8. The molecular weight excluding hydrogens is 408 g/mol. The molecule has 0 aliphatic carbocycles. The lowest BCUT2D eigenvalue weighted by atomic mass is 10.0. The van der Waals surface area contributed by atoms with Gasteiger partial charge in [0.1, 0.15) is 22.8 Å². The van der Waals surface area contributed by atoms with Gasteiger partial charge in [0.15, 0.2) is 0 Å². The van der Waals surface area contributed by atoms with Gasteiger partial charge in [-0.3, -0.25) is 0 Å². The molecule has 32 heavy (non-hydrogen) atoms. The Labute approximate surface area is 185 Å². The van der Waals surface area contributed by atoms with Crippen molar-refractivity contribution in [1.82, 2.24) is 15.4 Å². The molecule has 1 aliphatic rings. The molecule has 0 radical (unpaired) electrons. The van der Waals surface area contributed by atoms with Gasteiger partial charge in [-0.15, -0.1) is 10.2 Å². The number of ether oxygens (including phenoxy) is 2. The quantitative estimate of drug-likeness (QED) is 0.455. The van der Waals surface area contributed by atoms with Gasteiger partial charge in [0.05, 0.1) is 25.9 Å². The first-order valence-electron chi connectivity index (χ1n) is 10.5. The van der Waals surface area contributed by atoms with E-state index in [0.29, 0.717) is 34.5 Å². The first-order valence-corrected chi connectivity index (χ1v) is 10.5. The van der Waals surface area contributed by atoms with Crippen LogP contribution in [-0.2, 0) is 4.74 Å². The van der Waals surface area contributed by atoms with Crippen LogP contribution in [0.5, 0.6) is 5.75 Å². The van der Waals surface area contributed by atoms with E-state index < -0.39 is 0 Å². The van der Waals surface area contributed by atoms with Crippen molar-refractivity contribution in [2.24, 2.45) is 0 Å². The average molecular weight is 432 g/mol. The van der Waals surface area contributed by atoms with E-state index in [0.717, 1.165) is 43.1 Å². The van der Waals surface area contributed by atoms with Gasteiger partial charge in [0, 0.05) is 30.4 Å². The number of benzene rings is 2. The number of rotatable bonds is 5. The molecule has 1 fully saturated rings. The van der Waals surface area contributed by atoms with E-state index >= 15 is 0 Å². The number of aryl methyl sites for hydroxylation is 2. The van der Waals surface area contributed by atoms with Crippen molar-refractivity contribution in [3.05, 3.63) is 53.8 Å². The highest BCUT2D eigenvalue weighted by Crippen LogP contribution is 2.37. The van der Waals surface area contributed by atoms with Crippen molar-refractivity contribution in [3.63, 3.8) is 0 Å². The van der Waals surface area contributed by atoms with Crippen molar-refractivity contribution in [1.29, 1.82) is 0 Å². The number of anilines is 1. The second-order valence-corrected chi connectivity index (χ2v) is 7.72. The van der Waals surface area contributed by atoms with E-state index in [1.54, 1.807) is 7.11 Å². The van der Waals surface area contributed by atoms with E-state index in [1.807, 2.05) is 56.3 Å². The Morgan fingerprint density at radius 2 is 1.69 bits per heavy atom. The molecule has 0 unspecified atom stereocenters. The minimum Gasteiger partial charge on any atom is -0.496 e. The third-order valence-electron chi connectivity index (χ3n) is 5.62. The summed E-state index contributed by atoms with van der Waals surface area (Å²) >= 11 is 0. The third-order valence-corrected chi connectivity index (χ3v) is 5.62. The first-order chi connectivity index (χ1) is 15.6. The molecule has 8 nitrogen and oxygen atoms in total. The summed E-state index contributed by atoms with van der Waals surface area (Å²) in [4.78, 5) is 2.27. The number of aromatic nitrogens is 3. The number of hydrogen-bond donors (Lipinski definition) is 0. The summed E-state index contributed by atoms with van der Waals surface area (Å²) in [5.41, 5.74) is 5.26. The summed E-state index contributed by atoms with van der Waals surface area (Å²) < 4.78 is 22.6. The Morgan fingerprint density at radius 3 is 2.44 bits per heavy atom. The Morgan fingerprint density at radius 1 is 0.938 bits per heavy atom. The van der Waals surface area contributed by atoms with Crippen molar-refractivity contribution in [3.8, 4) is 39.9 Å². The van der Waals surface area contributed by atoms with Crippen LogP contribution >= 0.6 is 0 Å². The van der Waals surface area contributed by atoms with Crippen LogP contribution in [0, 0.1) is 13.8 Å². The van der Waals surface area contributed by atoms with Gasteiger partial charge < -0.3 is 23.3 Å². The zero-order valence-corrected chi connectivity index (χ0v) is 18.3. The Kier molecular flexibility index (Phi) is 5.36. The van der Waals surface area contributed by atoms with Crippen LogP contribution < -0.4 is 9.64 Å². The van der Waals surface area contributed by atoms with Crippen molar-refractivity contribution >= 4 is 5.69 Å². The molecule has 5 rings (SSSR count). The molecule has 0 bridgehead atoms. The predicted molar refractivity (Wildman–Crippen MR) is 120 cm³/mol. The van der Waals surface area contributed by atoms with Crippen molar-refractivity contribution in [2.75, 3.05) is 38.3 Å². The second-order valence-electron chi connectivity index (χ2n) is 7.72. The van der Waals surface area contributed by atoms with E-state index in [9.17, 15) is 0 Å². The van der Waals surface area contributed by atoms with Gasteiger partial charge in [-0.1, -0.05) is 35.0 Å².